The second-order valence-corrected chi connectivity index (χ2v) is 15.5. The highest BCUT2D eigenvalue weighted by Crippen LogP contribution is 2.47. The predicted octanol–water partition coefficient (Wildman–Crippen LogP) is 7.80. The summed E-state index contributed by atoms with van der Waals surface area (Å²) in [5.74, 6) is -0.521. The Morgan fingerprint density at radius 3 is 1.58 bits per heavy atom. The van der Waals surface area contributed by atoms with Crippen LogP contribution < -0.4 is 0 Å². The molecule has 0 spiro atoms. The van der Waals surface area contributed by atoms with Crippen molar-refractivity contribution < 1.29 is 58.3 Å². The van der Waals surface area contributed by atoms with E-state index < -0.39 is 63.1 Å². The van der Waals surface area contributed by atoms with E-state index in [-0.39, 0.29) is 19.6 Å². The molecule has 1 aliphatic rings. The van der Waals surface area contributed by atoms with Crippen molar-refractivity contribution in [3.05, 3.63) is 85.1 Å². The summed E-state index contributed by atoms with van der Waals surface area (Å²) in [5.41, 5.74) is 0. The maximum absolute atomic E-state index is 12.8. The number of aliphatic hydroxyl groups excluding tert-OH is 5. The van der Waals surface area contributed by atoms with Crippen LogP contribution in [0.4, 0.5) is 0 Å². The summed E-state index contributed by atoms with van der Waals surface area (Å²) in [7, 11) is -5.04. The van der Waals surface area contributed by atoms with Crippen molar-refractivity contribution in [2.24, 2.45) is 0 Å². The van der Waals surface area contributed by atoms with E-state index in [0.29, 0.717) is 12.8 Å². The van der Waals surface area contributed by atoms with Gasteiger partial charge in [0.25, 0.3) is 0 Å². The van der Waals surface area contributed by atoms with Gasteiger partial charge in [0, 0.05) is 6.42 Å². The van der Waals surface area contributed by atoms with Gasteiger partial charge in [-0.05, 0) is 70.6 Å². The van der Waals surface area contributed by atoms with E-state index in [1.807, 2.05) is 12.2 Å². The van der Waals surface area contributed by atoms with Crippen LogP contribution in [0.2, 0.25) is 0 Å². The van der Waals surface area contributed by atoms with Crippen LogP contribution in [-0.2, 0) is 27.9 Å². The van der Waals surface area contributed by atoms with Gasteiger partial charge in [0.15, 0.2) is 0 Å². The first-order chi connectivity index (χ1) is 27.5. The zero-order valence-corrected chi connectivity index (χ0v) is 35.2. The molecule has 6 atom stereocenters. The number of unbranched alkanes of at least 4 members (excludes halogenated alkanes) is 7. The first kappa shape index (κ1) is 52.5. The number of carbonyl (C=O) groups excluding carboxylic acids is 1. The molecule has 1 rings (SSSR count). The Hall–Kier alpha value is -2.48. The van der Waals surface area contributed by atoms with Crippen molar-refractivity contribution >= 4 is 13.8 Å². The molecule has 6 unspecified atom stereocenters. The largest absolute Gasteiger partial charge is 0.472 e. The number of rotatable bonds is 33. The van der Waals surface area contributed by atoms with Crippen molar-refractivity contribution in [1.29, 1.82) is 0 Å². The van der Waals surface area contributed by atoms with Gasteiger partial charge in [-0.2, -0.15) is 0 Å². The lowest BCUT2D eigenvalue weighted by atomic mass is 9.85. The maximum atomic E-state index is 12.8. The molecule has 326 valence electrons. The summed E-state index contributed by atoms with van der Waals surface area (Å²) in [6.45, 7) is 3.84. The van der Waals surface area contributed by atoms with Gasteiger partial charge >= 0.3 is 13.8 Å². The predicted molar refractivity (Wildman–Crippen MR) is 225 cm³/mol. The van der Waals surface area contributed by atoms with E-state index in [1.165, 1.54) is 12.8 Å². The zero-order valence-electron chi connectivity index (χ0n) is 34.3. The van der Waals surface area contributed by atoms with Crippen molar-refractivity contribution in [3.63, 3.8) is 0 Å². The lowest BCUT2D eigenvalue weighted by Crippen LogP contribution is -2.64. The lowest BCUT2D eigenvalue weighted by Gasteiger charge is -2.41. The number of allylic oxidation sites excluding steroid dienone is 13. The van der Waals surface area contributed by atoms with Crippen LogP contribution in [-0.4, -0.2) is 98.9 Å². The molecular formula is C44H73O12P. The smallest absolute Gasteiger partial charge is 0.457 e. The molecule has 57 heavy (non-hydrogen) atoms. The van der Waals surface area contributed by atoms with Crippen molar-refractivity contribution in [2.75, 3.05) is 19.8 Å². The number of hydrogen-bond acceptors (Lipinski definition) is 11. The minimum Gasteiger partial charge on any atom is -0.457 e. The molecule has 0 saturated heterocycles. The second-order valence-electron chi connectivity index (χ2n) is 14.1. The highest BCUT2D eigenvalue weighted by atomic mass is 31.2. The molecule has 0 bridgehead atoms. The van der Waals surface area contributed by atoms with E-state index in [4.69, 9.17) is 18.5 Å². The molecule has 0 radical (unpaired) electrons. The average Bonchev–Trinajstić information content (AvgIpc) is 3.19. The van der Waals surface area contributed by atoms with Gasteiger partial charge in [-0.1, -0.05) is 131 Å². The fourth-order valence-electron chi connectivity index (χ4n) is 5.67. The Kier molecular flexibility index (Phi) is 31.7. The summed E-state index contributed by atoms with van der Waals surface area (Å²) >= 11 is 0. The van der Waals surface area contributed by atoms with Crippen LogP contribution >= 0.6 is 7.82 Å². The van der Waals surface area contributed by atoms with Crippen LogP contribution in [0.5, 0.6) is 0 Å². The second kappa shape index (κ2) is 34.4. The maximum Gasteiger partial charge on any atom is 0.472 e. The van der Waals surface area contributed by atoms with Gasteiger partial charge in [-0.3, -0.25) is 13.8 Å². The van der Waals surface area contributed by atoms with Crippen LogP contribution in [0.3, 0.4) is 0 Å². The van der Waals surface area contributed by atoms with Gasteiger partial charge < -0.3 is 39.9 Å². The number of phosphoric ester groups is 1. The van der Waals surface area contributed by atoms with Crippen LogP contribution in [0.1, 0.15) is 123 Å². The van der Waals surface area contributed by atoms with E-state index in [0.717, 1.165) is 77.0 Å². The highest BCUT2D eigenvalue weighted by molar-refractivity contribution is 7.47. The number of aliphatic hydroxyl groups is 5. The summed E-state index contributed by atoms with van der Waals surface area (Å²) in [6.07, 6.45) is 32.5. The van der Waals surface area contributed by atoms with Gasteiger partial charge in [-0.25, -0.2) is 4.57 Å². The Bertz CT molecular complexity index is 1260. The fraction of sp³-hybridized carbons (Fsp3) is 0.659. The number of hydrogen-bond donors (Lipinski definition) is 6. The van der Waals surface area contributed by atoms with Gasteiger partial charge in [0.2, 0.25) is 0 Å². The molecular weight excluding hydrogens is 751 g/mol. The Labute approximate surface area is 342 Å². The van der Waals surface area contributed by atoms with E-state index >= 15 is 0 Å². The summed E-state index contributed by atoms with van der Waals surface area (Å²) in [6, 6.07) is 0. The first-order valence-corrected chi connectivity index (χ1v) is 22.4. The molecule has 1 saturated carbocycles. The Morgan fingerprint density at radius 2 is 1.04 bits per heavy atom. The molecule has 0 aromatic rings. The standard InChI is InChI=1S/C44H73O12P/c1-3-5-7-9-11-13-15-17-19-20-22-24-26-28-30-32-34-53-35-37(36-54-57(51,52)56-44-42(49)40(47)39(46)41(48)43(44)50)55-38(45)33-31-29-27-25-23-21-18-16-14-12-10-8-6-4-2/h5,7,10-13,16-19,22,24,28,30,37,39-44,46-50H,3-4,6,8-9,14-15,20-21,23,25-27,29,31-36H2,1-2H3,(H,51,52)/b7-5-,12-10-,13-11-,18-16-,19-17-,24-22-,30-28-. The van der Waals surface area contributed by atoms with Crippen LogP contribution in [0.15, 0.2) is 85.1 Å². The van der Waals surface area contributed by atoms with Crippen molar-refractivity contribution in [2.45, 2.75) is 166 Å². The first-order valence-electron chi connectivity index (χ1n) is 20.9. The zero-order chi connectivity index (χ0) is 42.0. The van der Waals surface area contributed by atoms with Crippen molar-refractivity contribution in [1.82, 2.24) is 0 Å². The van der Waals surface area contributed by atoms with E-state index in [2.05, 4.69) is 86.8 Å². The molecule has 0 aromatic carbocycles. The Balaban J connectivity index is 2.52. The number of carbonyl (C=O) groups is 1. The molecule has 0 amide bonds. The molecule has 1 aliphatic carbocycles. The average molecular weight is 825 g/mol. The van der Waals surface area contributed by atoms with Crippen LogP contribution in [0.25, 0.3) is 0 Å². The SMILES string of the molecule is CC/C=C\C/C=C\C/C=C\C/C=C\C/C=C\CCOCC(COP(=O)(O)OC1C(O)C(O)C(O)C(O)C1O)OC(=O)CCCCCCC/C=C\C/C=C\CCCC. The Morgan fingerprint density at radius 1 is 0.579 bits per heavy atom. The van der Waals surface area contributed by atoms with E-state index in [1.54, 1.807) is 0 Å². The molecule has 6 N–H and O–H groups in total. The van der Waals surface area contributed by atoms with Gasteiger partial charge in [0.1, 0.15) is 42.7 Å². The third kappa shape index (κ3) is 27.0. The van der Waals surface area contributed by atoms with Crippen molar-refractivity contribution in [3.8, 4) is 0 Å². The van der Waals surface area contributed by atoms with Gasteiger partial charge in [0.05, 0.1) is 19.8 Å². The fourth-order valence-corrected chi connectivity index (χ4v) is 6.64. The highest BCUT2D eigenvalue weighted by Gasteiger charge is 2.51. The normalized spacial score (nSPS) is 23.7. The monoisotopic (exact) mass is 824 g/mol. The molecule has 0 aliphatic heterocycles. The number of phosphoric acid groups is 1. The molecule has 0 heterocycles. The third-order valence-electron chi connectivity index (χ3n) is 9.02. The molecule has 12 nitrogen and oxygen atoms in total. The number of esters is 1. The third-order valence-corrected chi connectivity index (χ3v) is 10.0. The molecule has 1 fully saturated rings. The summed E-state index contributed by atoms with van der Waals surface area (Å²) in [5, 5.41) is 50.1. The van der Waals surface area contributed by atoms with E-state index in [9.17, 15) is 39.8 Å². The number of ether oxygens (including phenoxy) is 2. The summed E-state index contributed by atoms with van der Waals surface area (Å²) in [4.78, 5) is 23.1. The molecule has 0 aromatic heterocycles. The van der Waals surface area contributed by atoms with Gasteiger partial charge in [-0.15, -0.1) is 0 Å². The summed E-state index contributed by atoms with van der Waals surface area (Å²) < 4.78 is 33.9. The lowest BCUT2D eigenvalue weighted by molar-refractivity contribution is -0.220. The molecule has 13 heteroatoms. The van der Waals surface area contributed by atoms with Crippen LogP contribution in [0, 0.1) is 0 Å². The topological polar surface area (TPSA) is 192 Å². The quantitative estimate of drug-likeness (QED) is 0.0163. The minimum atomic E-state index is -5.04. The minimum absolute atomic E-state index is 0.142.